The van der Waals surface area contributed by atoms with Crippen LogP contribution in [0.4, 0.5) is 0 Å². The van der Waals surface area contributed by atoms with Crippen molar-refractivity contribution in [2.24, 2.45) is 10.7 Å². The molecule has 0 atom stereocenters. The summed E-state index contributed by atoms with van der Waals surface area (Å²) in [5, 5.41) is 9.20. The van der Waals surface area contributed by atoms with E-state index in [2.05, 4.69) is 66.0 Å². The highest BCUT2D eigenvalue weighted by Crippen LogP contribution is 2.22. The van der Waals surface area contributed by atoms with Gasteiger partial charge in [-0.3, -0.25) is 9.59 Å². The van der Waals surface area contributed by atoms with Crippen LogP contribution in [0.25, 0.3) is 0 Å². The van der Waals surface area contributed by atoms with E-state index in [9.17, 15) is 9.59 Å². The summed E-state index contributed by atoms with van der Waals surface area (Å²) in [6.07, 6.45) is 1.04. The van der Waals surface area contributed by atoms with Crippen molar-refractivity contribution < 1.29 is 9.59 Å². The monoisotopic (exact) mass is 565 g/mol. The SMILES string of the molecule is CCNC(=NCc1ccc(C(=O)NCC(N)=O)cc1)NCC(C)(C)c1ccc(CC)cc1.I. The van der Waals surface area contributed by atoms with Gasteiger partial charge in [-0.15, -0.1) is 24.0 Å². The fraction of sp³-hybridized carbons (Fsp3) is 0.400. The Hall–Kier alpha value is -2.62. The maximum atomic E-state index is 12.0. The molecule has 5 N–H and O–H groups in total. The predicted octanol–water partition coefficient (Wildman–Crippen LogP) is 3.12. The van der Waals surface area contributed by atoms with Crippen LogP contribution in [-0.4, -0.2) is 37.4 Å². The number of carbonyl (C=O) groups excluding carboxylic acids is 2. The van der Waals surface area contributed by atoms with Crippen molar-refractivity contribution in [1.82, 2.24) is 16.0 Å². The van der Waals surface area contributed by atoms with E-state index >= 15 is 0 Å². The molecule has 2 aromatic rings. The molecule has 0 saturated carbocycles. The maximum Gasteiger partial charge on any atom is 0.251 e. The van der Waals surface area contributed by atoms with Gasteiger partial charge in [-0.1, -0.05) is 57.2 Å². The number of hydrogen-bond donors (Lipinski definition) is 4. The zero-order valence-electron chi connectivity index (χ0n) is 19.9. The highest BCUT2D eigenvalue weighted by atomic mass is 127. The minimum atomic E-state index is -0.575. The van der Waals surface area contributed by atoms with Gasteiger partial charge < -0.3 is 21.7 Å². The lowest BCUT2D eigenvalue weighted by molar-refractivity contribution is -0.117. The minimum absolute atomic E-state index is 0. The quantitative estimate of drug-likeness (QED) is 0.202. The Morgan fingerprint density at radius 1 is 0.909 bits per heavy atom. The number of amides is 2. The number of guanidine groups is 1. The lowest BCUT2D eigenvalue weighted by Gasteiger charge is -2.27. The number of aryl methyl sites for hydroxylation is 1. The van der Waals surface area contributed by atoms with Crippen LogP contribution in [0.1, 0.15) is 54.7 Å². The zero-order chi connectivity index (χ0) is 23.6. The van der Waals surface area contributed by atoms with Crippen molar-refractivity contribution in [3.8, 4) is 0 Å². The van der Waals surface area contributed by atoms with Crippen LogP contribution in [0.5, 0.6) is 0 Å². The molecule has 33 heavy (non-hydrogen) atoms. The fourth-order valence-corrected chi connectivity index (χ4v) is 3.14. The number of nitrogens with zero attached hydrogens (tertiary/aromatic N) is 1. The van der Waals surface area contributed by atoms with Gasteiger partial charge >= 0.3 is 0 Å². The van der Waals surface area contributed by atoms with Crippen LogP contribution in [0, 0.1) is 0 Å². The van der Waals surface area contributed by atoms with E-state index in [1.807, 2.05) is 19.1 Å². The molecule has 2 aromatic carbocycles. The molecule has 2 amide bonds. The first kappa shape index (κ1) is 28.4. The van der Waals surface area contributed by atoms with Gasteiger partial charge in [-0.05, 0) is 42.2 Å². The van der Waals surface area contributed by atoms with E-state index in [0.717, 1.165) is 31.0 Å². The Labute approximate surface area is 214 Å². The van der Waals surface area contributed by atoms with Crippen molar-refractivity contribution in [2.75, 3.05) is 19.6 Å². The Balaban J connectivity index is 0.00000544. The average molecular weight is 566 g/mol. The molecule has 0 aliphatic carbocycles. The summed E-state index contributed by atoms with van der Waals surface area (Å²) < 4.78 is 0. The highest BCUT2D eigenvalue weighted by molar-refractivity contribution is 14.0. The summed E-state index contributed by atoms with van der Waals surface area (Å²) in [4.78, 5) is 27.4. The number of nitrogens with two attached hydrogens (primary N) is 1. The van der Waals surface area contributed by atoms with E-state index in [-0.39, 0.29) is 41.8 Å². The number of halogens is 1. The minimum Gasteiger partial charge on any atom is -0.368 e. The normalized spacial score (nSPS) is 11.3. The van der Waals surface area contributed by atoms with E-state index in [4.69, 9.17) is 5.73 Å². The van der Waals surface area contributed by atoms with E-state index in [1.165, 1.54) is 11.1 Å². The van der Waals surface area contributed by atoms with Crippen molar-refractivity contribution in [3.63, 3.8) is 0 Å². The van der Waals surface area contributed by atoms with Crippen molar-refractivity contribution >= 4 is 41.8 Å². The van der Waals surface area contributed by atoms with Crippen LogP contribution in [0.3, 0.4) is 0 Å². The van der Waals surface area contributed by atoms with Crippen LogP contribution in [0.15, 0.2) is 53.5 Å². The summed E-state index contributed by atoms with van der Waals surface area (Å²) in [6.45, 7) is 10.4. The average Bonchev–Trinajstić information content (AvgIpc) is 2.79. The number of nitrogens with one attached hydrogen (secondary N) is 3. The van der Waals surface area contributed by atoms with Gasteiger partial charge in [0.2, 0.25) is 5.91 Å². The summed E-state index contributed by atoms with van der Waals surface area (Å²) in [5.74, 6) is -0.161. The molecule has 0 bridgehead atoms. The van der Waals surface area contributed by atoms with Crippen LogP contribution < -0.4 is 21.7 Å². The summed E-state index contributed by atoms with van der Waals surface area (Å²) in [7, 11) is 0. The lowest BCUT2D eigenvalue weighted by Crippen LogP contribution is -2.43. The second-order valence-corrected chi connectivity index (χ2v) is 8.33. The van der Waals surface area contributed by atoms with Crippen molar-refractivity contribution in [1.29, 1.82) is 0 Å². The Morgan fingerprint density at radius 3 is 2.06 bits per heavy atom. The molecule has 2 rings (SSSR count). The number of primary amides is 1. The standard InChI is InChI=1S/C25H35N5O2.HI/c1-5-18-9-13-21(14-10-18)25(3,4)17-30-24(27-6-2)29-15-19-7-11-20(12-8-19)23(32)28-16-22(26)31;/h7-14H,5-6,15-17H2,1-4H3,(H2,26,31)(H,28,32)(H2,27,29,30);1H. The summed E-state index contributed by atoms with van der Waals surface area (Å²) in [6, 6.07) is 15.9. The molecule has 180 valence electrons. The second kappa shape index (κ2) is 13.8. The molecule has 0 aliphatic heterocycles. The molecule has 0 heterocycles. The highest BCUT2D eigenvalue weighted by Gasteiger charge is 2.20. The van der Waals surface area contributed by atoms with Gasteiger partial charge in [-0.2, -0.15) is 0 Å². The van der Waals surface area contributed by atoms with Gasteiger partial charge in [0.1, 0.15) is 0 Å². The molecule has 7 nitrogen and oxygen atoms in total. The Morgan fingerprint density at radius 2 is 1.52 bits per heavy atom. The van der Waals surface area contributed by atoms with Gasteiger partial charge in [0.25, 0.3) is 5.91 Å². The molecule has 0 aliphatic rings. The fourth-order valence-electron chi connectivity index (χ4n) is 3.14. The summed E-state index contributed by atoms with van der Waals surface area (Å²) >= 11 is 0. The first-order valence-corrected chi connectivity index (χ1v) is 11.0. The third-order valence-corrected chi connectivity index (χ3v) is 5.24. The van der Waals surface area contributed by atoms with Crippen LogP contribution in [0.2, 0.25) is 0 Å². The number of benzene rings is 2. The summed E-state index contributed by atoms with van der Waals surface area (Å²) in [5.41, 5.74) is 9.06. The van der Waals surface area contributed by atoms with Gasteiger partial charge in [0, 0.05) is 24.1 Å². The third kappa shape index (κ3) is 9.41. The van der Waals surface area contributed by atoms with Crippen molar-refractivity contribution in [2.45, 2.75) is 46.1 Å². The smallest absolute Gasteiger partial charge is 0.251 e. The molecule has 0 radical (unpaired) electrons. The number of carbonyl (C=O) groups is 2. The van der Waals surface area contributed by atoms with Crippen LogP contribution in [-0.2, 0) is 23.2 Å². The topological polar surface area (TPSA) is 109 Å². The molecular weight excluding hydrogens is 529 g/mol. The number of rotatable bonds is 10. The molecule has 0 saturated heterocycles. The molecule has 0 spiro atoms. The maximum absolute atomic E-state index is 12.0. The molecule has 0 fully saturated rings. The predicted molar refractivity (Wildman–Crippen MR) is 145 cm³/mol. The first-order valence-electron chi connectivity index (χ1n) is 11.0. The first-order chi connectivity index (χ1) is 15.2. The molecule has 0 aromatic heterocycles. The molecule has 8 heteroatoms. The van der Waals surface area contributed by atoms with Gasteiger partial charge in [-0.25, -0.2) is 4.99 Å². The molecular formula is C25H36IN5O2. The van der Waals surface area contributed by atoms with E-state index in [1.54, 1.807) is 12.1 Å². The number of aliphatic imine (C=N–C) groups is 1. The van der Waals surface area contributed by atoms with Gasteiger partial charge in [0.15, 0.2) is 5.96 Å². The zero-order valence-corrected chi connectivity index (χ0v) is 22.2. The van der Waals surface area contributed by atoms with E-state index < -0.39 is 5.91 Å². The largest absolute Gasteiger partial charge is 0.368 e. The van der Waals surface area contributed by atoms with Crippen LogP contribution >= 0.6 is 24.0 Å². The Bertz CT molecular complexity index is 925. The second-order valence-electron chi connectivity index (χ2n) is 8.33. The molecule has 0 unspecified atom stereocenters. The third-order valence-electron chi connectivity index (χ3n) is 5.24. The number of hydrogen-bond acceptors (Lipinski definition) is 3. The Kier molecular flexibility index (Phi) is 11.9. The van der Waals surface area contributed by atoms with E-state index in [0.29, 0.717) is 12.1 Å². The van der Waals surface area contributed by atoms with Crippen molar-refractivity contribution in [3.05, 3.63) is 70.8 Å². The van der Waals surface area contributed by atoms with Gasteiger partial charge in [0.05, 0.1) is 13.1 Å². The lowest BCUT2D eigenvalue weighted by atomic mass is 9.84.